The molecule has 0 fully saturated rings. The molecule has 0 heterocycles. The van der Waals surface area contributed by atoms with E-state index < -0.39 is 23.6 Å². The molecule has 0 aromatic heterocycles. The average molecular weight is 471 g/mol. The number of carboxylic acids is 2. The summed E-state index contributed by atoms with van der Waals surface area (Å²) in [5, 5.41) is 18.1. The molecule has 0 amide bonds. The summed E-state index contributed by atoms with van der Waals surface area (Å²) in [6, 6.07) is 0. The van der Waals surface area contributed by atoms with Crippen LogP contribution < -0.4 is 0 Å². The highest BCUT2D eigenvalue weighted by molar-refractivity contribution is 6.04. The number of rotatable bonds is 14. The molecular weight excluding hydrogens is 428 g/mol. The molecule has 1 rings (SSSR count). The smallest absolute Gasteiger partial charge is 0.314 e. The lowest BCUT2D eigenvalue weighted by Crippen LogP contribution is -2.22. The number of hydrogen-bond acceptors (Lipinski definition) is 3. The molecule has 0 saturated heterocycles. The van der Waals surface area contributed by atoms with Crippen LogP contribution >= 0.6 is 0 Å². The van der Waals surface area contributed by atoms with Gasteiger partial charge in [0, 0.05) is 6.42 Å². The molecule has 1 aliphatic rings. The fraction of sp³-hybridized carbons (Fsp3) is 0.552. The van der Waals surface area contributed by atoms with Crippen LogP contribution in [0.2, 0.25) is 0 Å². The first kappa shape index (κ1) is 29.3. The summed E-state index contributed by atoms with van der Waals surface area (Å²) < 4.78 is 0. The zero-order chi connectivity index (χ0) is 25.7. The van der Waals surface area contributed by atoms with E-state index in [9.17, 15) is 19.5 Å². The number of aliphatic carboxylic acids is 2. The zero-order valence-electron chi connectivity index (χ0n) is 21.5. The van der Waals surface area contributed by atoms with Crippen molar-refractivity contribution < 1.29 is 24.6 Å². The van der Waals surface area contributed by atoms with Crippen LogP contribution in [0.15, 0.2) is 58.7 Å². The van der Waals surface area contributed by atoms with Gasteiger partial charge in [0.2, 0.25) is 0 Å². The second-order valence-electron chi connectivity index (χ2n) is 10.1. The third kappa shape index (κ3) is 11.0. The maximum atomic E-state index is 12.5. The number of carbonyl (C=O) groups excluding carboxylic acids is 1. The molecule has 0 aliphatic heterocycles. The van der Waals surface area contributed by atoms with E-state index in [2.05, 4.69) is 32.9 Å². The van der Waals surface area contributed by atoms with Crippen LogP contribution in [0.5, 0.6) is 0 Å². The predicted molar refractivity (Wildman–Crippen MR) is 138 cm³/mol. The van der Waals surface area contributed by atoms with E-state index in [4.69, 9.17) is 5.11 Å². The number of unbranched alkanes of at least 4 members (excludes halogenated alkanes) is 3. The van der Waals surface area contributed by atoms with Gasteiger partial charge in [-0.1, -0.05) is 74.6 Å². The highest BCUT2D eigenvalue weighted by atomic mass is 16.4. The molecule has 1 aliphatic carbocycles. The summed E-state index contributed by atoms with van der Waals surface area (Å²) in [6.07, 6.45) is 18.0. The Morgan fingerprint density at radius 3 is 2.29 bits per heavy atom. The van der Waals surface area contributed by atoms with Crippen molar-refractivity contribution in [2.45, 2.75) is 92.4 Å². The molecule has 2 N–H and O–H groups in total. The van der Waals surface area contributed by atoms with Gasteiger partial charge < -0.3 is 10.2 Å². The Balaban J connectivity index is 2.66. The monoisotopic (exact) mass is 470 g/mol. The van der Waals surface area contributed by atoms with Gasteiger partial charge >= 0.3 is 11.9 Å². The predicted octanol–water partition coefficient (Wildman–Crippen LogP) is 7.21. The highest BCUT2D eigenvalue weighted by Crippen LogP contribution is 2.40. The number of carboxylic acid groups (broad SMARTS) is 2. The number of carbonyl (C=O) groups is 3. The van der Waals surface area contributed by atoms with Crippen molar-refractivity contribution in [1.82, 2.24) is 0 Å². The van der Waals surface area contributed by atoms with Crippen molar-refractivity contribution in [3.8, 4) is 0 Å². The molecule has 5 heteroatoms. The first-order valence-electron chi connectivity index (χ1n) is 12.3. The van der Waals surface area contributed by atoms with Crippen LogP contribution in [-0.4, -0.2) is 27.9 Å². The Labute approximate surface area is 205 Å². The van der Waals surface area contributed by atoms with Crippen LogP contribution in [0.4, 0.5) is 0 Å². The Bertz CT molecular complexity index is 880. The first-order valence-corrected chi connectivity index (χ1v) is 12.3. The Hall–Kier alpha value is -2.69. The topological polar surface area (TPSA) is 91.7 Å². The summed E-state index contributed by atoms with van der Waals surface area (Å²) in [4.78, 5) is 34.5. The Kier molecular flexibility index (Phi) is 12.6. The van der Waals surface area contributed by atoms with E-state index in [0.29, 0.717) is 18.4 Å². The van der Waals surface area contributed by atoms with E-state index >= 15 is 0 Å². The molecule has 0 aromatic rings. The van der Waals surface area contributed by atoms with Gasteiger partial charge in [0.1, 0.15) is 5.92 Å². The largest absolute Gasteiger partial charge is 0.481 e. The average Bonchev–Trinajstić information content (AvgIpc) is 2.71. The Morgan fingerprint density at radius 2 is 1.68 bits per heavy atom. The van der Waals surface area contributed by atoms with Crippen LogP contribution in [0, 0.1) is 11.3 Å². The lowest BCUT2D eigenvalue weighted by molar-refractivity contribution is -0.145. The lowest BCUT2D eigenvalue weighted by Gasteiger charge is -2.32. The van der Waals surface area contributed by atoms with E-state index in [0.717, 1.165) is 24.8 Å². The van der Waals surface area contributed by atoms with Crippen molar-refractivity contribution >= 4 is 17.7 Å². The molecule has 0 aromatic carbocycles. The summed E-state index contributed by atoms with van der Waals surface area (Å²) >= 11 is 0. The quantitative estimate of drug-likeness (QED) is 0.121. The van der Waals surface area contributed by atoms with Crippen molar-refractivity contribution in [3.05, 3.63) is 58.7 Å². The zero-order valence-corrected chi connectivity index (χ0v) is 21.5. The van der Waals surface area contributed by atoms with Crippen molar-refractivity contribution in [1.29, 1.82) is 0 Å². The number of allylic oxidation sites excluding steroid dienone is 10. The second kappa shape index (κ2) is 14.5. The summed E-state index contributed by atoms with van der Waals surface area (Å²) in [7, 11) is 0. The van der Waals surface area contributed by atoms with Gasteiger partial charge in [0.05, 0.1) is 0 Å². The third-order valence-electron chi connectivity index (χ3n) is 6.42. The molecule has 0 bridgehead atoms. The van der Waals surface area contributed by atoms with Crippen molar-refractivity contribution in [2.75, 3.05) is 0 Å². The van der Waals surface area contributed by atoms with E-state index in [1.165, 1.54) is 30.1 Å². The summed E-state index contributed by atoms with van der Waals surface area (Å²) in [5.74, 6) is -3.39. The fourth-order valence-corrected chi connectivity index (χ4v) is 4.37. The van der Waals surface area contributed by atoms with Crippen LogP contribution in [0.3, 0.4) is 0 Å². The van der Waals surface area contributed by atoms with Gasteiger partial charge in [-0.15, -0.1) is 0 Å². The van der Waals surface area contributed by atoms with Gasteiger partial charge in [-0.2, -0.15) is 0 Å². The minimum atomic E-state index is -1.11. The van der Waals surface area contributed by atoms with Crippen molar-refractivity contribution in [3.63, 3.8) is 0 Å². The number of hydrogen-bond donors (Lipinski definition) is 2. The van der Waals surface area contributed by atoms with Gasteiger partial charge in [0.25, 0.3) is 0 Å². The lowest BCUT2D eigenvalue weighted by atomic mass is 9.72. The number of ketones is 1. The van der Waals surface area contributed by atoms with Gasteiger partial charge in [-0.25, -0.2) is 0 Å². The fourth-order valence-electron chi connectivity index (χ4n) is 4.37. The van der Waals surface area contributed by atoms with Crippen LogP contribution in [0.25, 0.3) is 0 Å². The first-order chi connectivity index (χ1) is 15.9. The molecule has 188 valence electrons. The maximum absolute atomic E-state index is 12.5. The third-order valence-corrected chi connectivity index (χ3v) is 6.42. The normalized spacial score (nSPS) is 18.0. The molecular formula is C29H42O5. The standard InChI is InChI=1S/C29H42O5/c1-21(17-18-25-23(3)14-11-19-29(25,4)5)12-10-13-22(2)20-26(30)24(28(33)34)15-8-6-7-9-16-27(31)32/h10,12-13,17-18,20,24H,6-9,11,14-16,19H2,1-5H3,(H,31,32)(H,33,34)/b13-10+,18-17+,21-12+,22-20+. The highest BCUT2D eigenvalue weighted by Gasteiger charge is 2.26. The van der Waals surface area contributed by atoms with Gasteiger partial charge in [0.15, 0.2) is 5.78 Å². The molecule has 5 nitrogen and oxygen atoms in total. The van der Waals surface area contributed by atoms with Crippen LogP contribution in [-0.2, 0) is 14.4 Å². The van der Waals surface area contributed by atoms with Gasteiger partial charge in [-0.3, -0.25) is 14.4 Å². The molecule has 34 heavy (non-hydrogen) atoms. The molecule has 1 atom stereocenters. The minimum Gasteiger partial charge on any atom is -0.481 e. The molecule has 0 radical (unpaired) electrons. The second-order valence-corrected chi connectivity index (χ2v) is 10.1. The van der Waals surface area contributed by atoms with E-state index in [-0.39, 0.29) is 18.3 Å². The molecule has 0 saturated carbocycles. The van der Waals surface area contributed by atoms with E-state index in [1.807, 2.05) is 25.2 Å². The van der Waals surface area contributed by atoms with Crippen molar-refractivity contribution in [2.24, 2.45) is 11.3 Å². The molecule has 1 unspecified atom stereocenters. The van der Waals surface area contributed by atoms with Gasteiger partial charge in [-0.05, 0) is 75.5 Å². The Morgan fingerprint density at radius 1 is 1.00 bits per heavy atom. The molecule has 0 spiro atoms. The SMILES string of the molecule is CC1=C(/C=C/C(C)=C/C=C/C(C)=C/C(=O)C(CCCCCCC(=O)O)C(=O)O)C(C)(C)CCC1. The van der Waals surface area contributed by atoms with Crippen LogP contribution in [0.1, 0.15) is 92.4 Å². The summed E-state index contributed by atoms with van der Waals surface area (Å²) in [5.41, 5.74) is 4.88. The summed E-state index contributed by atoms with van der Waals surface area (Å²) in [6.45, 7) is 10.6. The minimum absolute atomic E-state index is 0.120. The van der Waals surface area contributed by atoms with E-state index in [1.54, 1.807) is 6.92 Å². The maximum Gasteiger partial charge on any atom is 0.314 e.